The highest BCUT2D eigenvalue weighted by molar-refractivity contribution is 5.93. The number of aryl methyl sites for hydroxylation is 1. The van der Waals surface area contributed by atoms with Crippen LogP contribution in [0.4, 0.5) is 11.4 Å². The first kappa shape index (κ1) is 17.4. The van der Waals surface area contributed by atoms with Gasteiger partial charge >= 0.3 is 0 Å². The SMILES string of the molecule is CC(=O)Nc1ccc(NC(=O)Cc2oc(-c3ccccc3)nc2C)cc1. The van der Waals surface area contributed by atoms with E-state index >= 15 is 0 Å². The largest absolute Gasteiger partial charge is 0.440 e. The highest BCUT2D eigenvalue weighted by atomic mass is 16.4. The lowest BCUT2D eigenvalue weighted by Crippen LogP contribution is -2.14. The van der Waals surface area contributed by atoms with Gasteiger partial charge in [-0.25, -0.2) is 4.98 Å². The van der Waals surface area contributed by atoms with Crippen LogP contribution in [-0.4, -0.2) is 16.8 Å². The second-order valence-corrected chi connectivity index (χ2v) is 5.88. The molecule has 0 aliphatic rings. The van der Waals surface area contributed by atoms with Gasteiger partial charge in [0.05, 0.1) is 12.1 Å². The number of anilines is 2. The number of rotatable bonds is 5. The van der Waals surface area contributed by atoms with Crippen molar-refractivity contribution >= 4 is 23.2 Å². The maximum absolute atomic E-state index is 12.3. The van der Waals surface area contributed by atoms with Crippen molar-refractivity contribution in [3.05, 3.63) is 66.1 Å². The van der Waals surface area contributed by atoms with Crippen LogP contribution in [0.3, 0.4) is 0 Å². The molecule has 6 heteroatoms. The topological polar surface area (TPSA) is 84.2 Å². The van der Waals surface area contributed by atoms with E-state index < -0.39 is 0 Å². The molecule has 1 aromatic heterocycles. The monoisotopic (exact) mass is 349 g/mol. The van der Waals surface area contributed by atoms with Gasteiger partial charge in [-0.3, -0.25) is 9.59 Å². The maximum Gasteiger partial charge on any atom is 0.232 e. The number of amides is 2. The normalized spacial score (nSPS) is 10.4. The van der Waals surface area contributed by atoms with E-state index in [0.29, 0.717) is 28.7 Å². The van der Waals surface area contributed by atoms with Crippen molar-refractivity contribution in [1.29, 1.82) is 0 Å². The van der Waals surface area contributed by atoms with E-state index in [1.165, 1.54) is 6.92 Å². The standard InChI is InChI=1S/C20H19N3O3/c1-13-18(26-20(21-13)15-6-4-3-5-7-15)12-19(25)23-17-10-8-16(9-11-17)22-14(2)24/h3-11H,12H2,1-2H3,(H,22,24)(H,23,25). The molecule has 0 bridgehead atoms. The summed E-state index contributed by atoms with van der Waals surface area (Å²) in [4.78, 5) is 27.7. The predicted molar refractivity (Wildman–Crippen MR) is 99.8 cm³/mol. The van der Waals surface area contributed by atoms with Crippen LogP contribution in [0.5, 0.6) is 0 Å². The van der Waals surface area contributed by atoms with Crippen LogP contribution in [0.25, 0.3) is 11.5 Å². The van der Waals surface area contributed by atoms with E-state index in [2.05, 4.69) is 15.6 Å². The molecule has 6 nitrogen and oxygen atoms in total. The van der Waals surface area contributed by atoms with Crippen molar-refractivity contribution in [2.24, 2.45) is 0 Å². The Morgan fingerprint density at radius 1 is 0.962 bits per heavy atom. The molecule has 26 heavy (non-hydrogen) atoms. The first-order chi connectivity index (χ1) is 12.5. The Morgan fingerprint density at radius 2 is 1.58 bits per heavy atom. The summed E-state index contributed by atoms with van der Waals surface area (Å²) >= 11 is 0. The van der Waals surface area contributed by atoms with Crippen molar-refractivity contribution in [3.8, 4) is 11.5 Å². The molecule has 0 aliphatic carbocycles. The van der Waals surface area contributed by atoms with Crippen LogP contribution in [0, 0.1) is 6.92 Å². The molecule has 132 valence electrons. The Morgan fingerprint density at radius 3 is 2.19 bits per heavy atom. The van der Waals surface area contributed by atoms with E-state index in [9.17, 15) is 9.59 Å². The Labute approximate surface area is 151 Å². The lowest BCUT2D eigenvalue weighted by molar-refractivity contribution is -0.116. The van der Waals surface area contributed by atoms with Crippen LogP contribution < -0.4 is 10.6 Å². The third kappa shape index (κ3) is 4.36. The molecule has 0 fully saturated rings. The molecule has 0 spiro atoms. The van der Waals surface area contributed by atoms with Gasteiger partial charge in [-0.1, -0.05) is 18.2 Å². The fourth-order valence-corrected chi connectivity index (χ4v) is 2.49. The van der Waals surface area contributed by atoms with Crippen LogP contribution in [0.2, 0.25) is 0 Å². The number of carbonyl (C=O) groups excluding carboxylic acids is 2. The molecule has 1 heterocycles. The van der Waals surface area contributed by atoms with Gasteiger partial charge in [-0.2, -0.15) is 0 Å². The van der Waals surface area contributed by atoms with Gasteiger partial charge in [0.1, 0.15) is 5.76 Å². The molecule has 2 N–H and O–H groups in total. The molecule has 0 atom stereocenters. The minimum atomic E-state index is -0.198. The second kappa shape index (κ2) is 7.65. The highest BCUT2D eigenvalue weighted by Crippen LogP contribution is 2.22. The van der Waals surface area contributed by atoms with E-state index in [-0.39, 0.29) is 18.2 Å². The van der Waals surface area contributed by atoms with Gasteiger partial charge in [0.15, 0.2) is 0 Å². The predicted octanol–water partition coefficient (Wildman–Crippen LogP) is 3.79. The number of nitrogens with one attached hydrogen (secondary N) is 2. The van der Waals surface area contributed by atoms with Crippen molar-refractivity contribution in [2.75, 3.05) is 10.6 Å². The number of oxazole rings is 1. The van der Waals surface area contributed by atoms with Crippen LogP contribution in [0.1, 0.15) is 18.4 Å². The zero-order valence-corrected chi connectivity index (χ0v) is 14.6. The average Bonchev–Trinajstić information content (AvgIpc) is 2.97. The van der Waals surface area contributed by atoms with Gasteiger partial charge in [0, 0.05) is 23.9 Å². The minimum absolute atomic E-state index is 0.0963. The van der Waals surface area contributed by atoms with E-state index in [0.717, 1.165) is 5.56 Å². The van der Waals surface area contributed by atoms with E-state index in [1.807, 2.05) is 37.3 Å². The summed E-state index contributed by atoms with van der Waals surface area (Å²) in [5.74, 6) is 0.703. The van der Waals surface area contributed by atoms with Gasteiger partial charge < -0.3 is 15.1 Å². The zero-order chi connectivity index (χ0) is 18.5. The third-order valence-corrected chi connectivity index (χ3v) is 3.72. The number of hydrogen-bond acceptors (Lipinski definition) is 4. The molecule has 3 rings (SSSR count). The number of carbonyl (C=O) groups is 2. The van der Waals surface area contributed by atoms with E-state index in [4.69, 9.17) is 4.42 Å². The average molecular weight is 349 g/mol. The number of nitrogens with zero attached hydrogens (tertiary/aromatic N) is 1. The Bertz CT molecular complexity index is 915. The van der Waals surface area contributed by atoms with Crippen molar-refractivity contribution < 1.29 is 14.0 Å². The molecule has 0 aliphatic heterocycles. The summed E-state index contributed by atoms with van der Waals surface area (Å²) in [6, 6.07) is 16.5. The third-order valence-electron chi connectivity index (χ3n) is 3.72. The zero-order valence-electron chi connectivity index (χ0n) is 14.6. The summed E-state index contributed by atoms with van der Waals surface area (Å²) in [6.07, 6.45) is 0.0963. The highest BCUT2D eigenvalue weighted by Gasteiger charge is 2.15. The first-order valence-corrected chi connectivity index (χ1v) is 8.20. The summed E-state index contributed by atoms with van der Waals surface area (Å²) < 4.78 is 5.75. The van der Waals surface area contributed by atoms with Crippen LogP contribution in [-0.2, 0) is 16.0 Å². The molecule has 2 amide bonds. The van der Waals surface area contributed by atoms with Crippen molar-refractivity contribution in [3.63, 3.8) is 0 Å². The number of hydrogen-bond donors (Lipinski definition) is 2. The lowest BCUT2D eigenvalue weighted by atomic mass is 10.2. The van der Waals surface area contributed by atoms with Crippen LogP contribution >= 0.6 is 0 Å². The molecular formula is C20H19N3O3. The van der Waals surface area contributed by atoms with Gasteiger partial charge in [0.25, 0.3) is 0 Å². The van der Waals surface area contributed by atoms with E-state index in [1.54, 1.807) is 24.3 Å². The summed E-state index contributed by atoms with van der Waals surface area (Å²) in [5, 5.41) is 5.48. The fraction of sp³-hybridized carbons (Fsp3) is 0.150. The smallest absolute Gasteiger partial charge is 0.232 e. The number of aromatic nitrogens is 1. The molecule has 0 unspecified atom stereocenters. The Hall–Kier alpha value is -3.41. The Balaban J connectivity index is 1.65. The second-order valence-electron chi connectivity index (χ2n) is 5.88. The summed E-state index contributed by atoms with van der Waals surface area (Å²) in [7, 11) is 0. The van der Waals surface area contributed by atoms with Gasteiger partial charge in [-0.15, -0.1) is 0 Å². The molecule has 0 radical (unpaired) electrons. The molecule has 0 saturated heterocycles. The van der Waals surface area contributed by atoms with Gasteiger partial charge in [-0.05, 0) is 43.3 Å². The minimum Gasteiger partial charge on any atom is -0.440 e. The van der Waals surface area contributed by atoms with Crippen molar-refractivity contribution in [2.45, 2.75) is 20.3 Å². The van der Waals surface area contributed by atoms with Gasteiger partial charge in [0.2, 0.25) is 17.7 Å². The quantitative estimate of drug-likeness (QED) is 0.734. The molecular weight excluding hydrogens is 330 g/mol. The molecule has 2 aromatic carbocycles. The number of benzene rings is 2. The molecule has 3 aromatic rings. The fourth-order valence-electron chi connectivity index (χ4n) is 2.49. The summed E-state index contributed by atoms with van der Waals surface area (Å²) in [5.41, 5.74) is 2.88. The van der Waals surface area contributed by atoms with Crippen molar-refractivity contribution in [1.82, 2.24) is 4.98 Å². The lowest BCUT2D eigenvalue weighted by Gasteiger charge is -2.06. The Kier molecular flexibility index (Phi) is 5.12. The summed E-state index contributed by atoms with van der Waals surface area (Å²) in [6.45, 7) is 3.26. The first-order valence-electron chi connectivity index (χ1n) is 8.20. The van der Waals surface area contributed by atoms with Crippen LogP contribution in [0.15, 0.2) is 59.0 Å². The maximum atomic E-state index is 12.3. The molecule has 0 saturated carbocycles.